The molecule has 0 radical (unpaired) electrons. The molecule has 0 aliphatic rings. The van der Waals surface area contributed by atoms with E-state index >= 15 is 0 Å². The molecule has 0 spiro atoms. The van der Waals surface area contributed by atoms with Crippen LogP contribution in [0, 0.1) is 0 Å². The van der Waals surface area contributed by atoms with Crippen LogP contribution in [0.1, 0.15) is 9.75 Å². The van der Waals surface area contributed by atoms with Crippen LogP contribution in [0.15, 0.2) is 131 Å². The zero-order chi connectivity index (χ0) is 26.4. The van der Waals surface area contributed by atoms with E-state index in [0.717, 1.165) is 32.6 Å². The second-order valence-electron chi connectivity index (χ2n) is 7.57. The molecule has 1 heterocycles. The van der Waals surface area contributed by atoms with Gasteiger partial charge in [-0.1, -0.05) is 60.7 Å². The van der Waals surface area contributed by atoms with Gasteiger partial charge in [-0.05, 0) is 60.7 Å². The molecular formula is C30H22Cl2FeN2O2S. The molecule has 0 saturated carbocycles. The molecule has 0 atom stereocenters. The Kier molecular flexibility index (Phi) is 11.0. The Morgan fingerprint density at radius 1 is 0.526 bits per heavy atom. The van der Waals surface area contributed by atoms with Crippen LogP contribution in [-0.4, -0.2) is 12.4 Å². The number of hydrogen-bond donors (Lipinski definition) is 0. The molecule has 0 amide bonds. The molecule has 4 nitrogen and oxygen atoms in total. The Morgan fingerprint density at radius 3 is 1.32 bits per heavy atom. The summed E-state index contributed by atoms with van der Waals surface area (Å²) in [5, 5.41) is 0. The zero-order valence-corrected chi connectivity index (χ0v) is 23.4. The third-order valence-corrected chi connectivity index (χ3v) is 5.94. The van der Waals surface area contributed by atoms with Gasteiger partial charge in [0.15, 0.2) is 11.5 Å². The van der Waals surface area contributed by atoms with Gasteiger partial charge in [-0.25, -0.2) is 0 Å². The maximum absolute atomic E-state index is 6.00. The van der Waals surface area contributed by atoms with Crippen LogP contribution >= 0.6 is 31.5 Å². The minimum atomic E-state index is 0.194. The van der Waals surface area contributed by atoms with E-state index in [2.05, 4.69) is 9.98 Å². The van der Waals surface area contributed by atoms with E-state index < -0.39 is 0 Å². The summed E-state index contributed by atoms with van der Waals surface area (Å²) in [6.07, 6.45) is 3.70. The van der Waals surface area contributed by atoms with Gasteiger partial charge in [0.25, 0.3) is 0 Å². The SMILES string of the molecule is C(=Nc1ccccc1Oc1ccccc1)c1ccc(C=Nc2ccccc2Oc2ccccc2)s1.[Cl][Fe][Cl]. The molecule has 5 aromatic rings. The van der Waals surface area contributed by atoms with Gasteiger partial charge < -0.3 is 9.47 Å². The van der Waals surface area contributed by atoms with Crippen LogP contribution in [0.2, 0.25) is 0 Å². The molecular weight excluding hydrogens is 579 g/mol. The Labute approximate surface area is 240 Å². The number of halogens is 2. The molecule has 5 rings (SSSR count). The summed E-state index contributed by atoms with van der Waals surface area (Å²) in [6, 6.07) is 39.0. The van der Waals surface area contributed by atoms with E-state index in [1.54, 1.807) is 11.3 Å². The van der Waals surface area contributed by atoms with E-state index in [9.17, 15) is 0 Å². The fourth-order valence-corrected chi connectivity index (χ4v) is 4.06. The summed E-state index contributed by atoms with van der Waals surface area (Å²) < 4.78 is 12.0. The monoisotopic (exact) mass is 600 g/mol. The van der Waals surface area contributed by atoms with E-state index in [-0.39, 0.29) is 13.1 Å². The molecule has 38 heavy (non-hydrogen) atoms. The van der Waals surface area contributed by atoms with Crippen molar-refractivity contribution in [2.45, 2.75) is 0 Å². The van der Waals surface area contributed by atoms with Crippen LogP contribution in [-0.2, 0) is 13.1 Å². The van der Waals surface area contributed by atoms with Crippen LogP contribution in [0.4, 0.5) is 11.4 Å². The van der Waals surface area contributed by atoms with Crippen molar-refractivity contribution in [2.75, 3.05) is 0 Å². The third-order valence-electron chi connectivity index (χ3n) is 4.98. The number of para-hydroxylation sites is 6. The van der Waals surface area contributed by atoms with Crippen molar-refractivity contribution in [3.63, 3.8) is 0 Å². The van der Waals surface area contributed by atoms with E-state index in [0.29, 0.717) is 11.5 Å². The normalized spacial score (nSPS) is 10.9. The number of ether oxygens (including phenoxy) is 2. The van der Waals surface area contributed by atoms with E-state index in [4.69, 9.17) is 29.7 Å². The average molecular weight is 601 g/mol. The second-order valence-corrected chi connectivity index (χ2v) is 10.5. The fourth-order valence-electron chi connectivity index (χ4n) is 3.30. The topological polar surface area (TPSA) is 43.2 Å². The summed E-state index contributed by atoms with van der Waals surface area (Å²) >= 11 is 1.81. The number of rotatable bonds is 8. The number of thiophene rings is 1. The van der Waals surface area contributed by atoms with Crippen LogP contribution in [0.25, 0.3) is 0 Å². The first kappa shape index (κ1) is 27.6. The maximum atomic E-state index is 6.00. The van der Waals surface area contributed by atoms with Crippen molar-refractivity contribution < 1.29 is 22.6 Å². The Morgan fingerprint density at radius 2 is 0.895 bits per heavy atom. The fraction of sp³-hybridized carbons (Fsp3) is 0. The first-order valence-corrected chi connectivity index (χ1v) is 15.3. The zero-order valence-electron chi connectivity index (χ0n) is 19.9. The molecule has 192 valence electrons. The minimum absolute atomic E-state index is 0.194. The Balaban J connectivity index is 0.00000107. The van der Waals surface area contributed by atoms with Crippen molar-refractivity contribution in [2.24, 2.45) is 9.98 Å². The van der Waals surface area contributed by atoms with Crippen LogP contribution in [0.3, 0.4) is 0 Å². The predicted octanol–water partition coefficient (Wildman–Crippen LogP) is 10.2. The molecule has 0 unspecified atom stereocenters. The van der Waals surface area contributed by atoms with Crippen molar-refractivity contribution in [3.05, 3.63) is 131 Å². The Bertz CT molecular complexity index is 1370. The second kappa shape index (κ2) is 15.1. The molecule has 0 aliphatic carbocycles. The van der Waals surface area contributed by atoms with Gasteiger partial charge in [0, 0.05) is 22.2 Å². The summed E-state index contributed by atoms with van der Waals surface area (Å²) in [6.45, 7) is 0. The number of nitrogens with zero attached hydrogens (tertiary/aromatic N) is 2. The molecule has 1 aromatic heterocycles. The summed E-state index contributed by atoms with van der Waals surface area (Å²) in [5.74, 6) is 2.98. The predicted molar refractivity (Wildman–Crippen MR) is 156 cm³/mol. The van der Waals surface area contributed by atoms with Gasteiger partial charge in [0.05, 0.1) is 0 Å². The molecule has 0 saturated heterocycles. The number of aliphatic imine (C=N–C) groups is 2. The standard InChI is InChI=1S/C30H22N2O2S.2ClH.Fe/c1-3-11-23(12-4-1)33-29-17-9-7-15-27(29)31-21-25-19-20-26(35-25)22-32-28-16-8-10-18-30(28)34-24-13-5-2-6-14-24;;;/h1-22H;2*1H;/q;;;+2/p-2. The van der Waals surface area contributed by atoms with Crippen molar-refractivity contribution in [1.82, 2.24) is 0 Å². The molecule has 4 aromatic carbocycles. The van der Waals surface area contributed by atoms with Gasteiger partial charge in [0.2, 0.25) is 0 Å². The van der Waals surface area contributed by atoms with Gasteiger partial charge in [-0.15, -0.1) is 11.3 Å². The first-order valence-electron chi connectivity index (χ1n) is 11.4. The van der Waals surface area contributed by atoms with E-state index in [1.807, 2.05) is 134 Å². The van der Waals surface area contributed by atoms with Crippen LogP contribution < -0.4 is 9.47 Å². The van der Waals surface area contributed by atoms with Crippen molar-refractivity contribution >= 4 is 55.3 Å². The van der Waals surface area contributed by atoms with Gasteiger partial charge in [-0.3, -0.25) is 9.98 Å². The summed E-state index contributed by atoms with van der Waals surface area (Å²) in [7, 11) is 9.53. The van der Waals surface area contributed by atoms with Crippen LogP contribution in [0.5, 0.6) is 23.0 Å². The summed E-state index contributed by atoms with van der Waals surface area (Å²) in [5.41, 5.74) is 1.54. The van der Waals surface area contributed by atoms with Gasteiger partial charge in [-0.2, -0.15) is 0 Å². The average Bonchev–Trinajstić information content (AvgIpc) is 3.41. The molecule has 8 heteroatoms. The molecule has 0 fully saturated rings. The van der Waals surface area contributed by atoms with Gasteiger partial charge in [0.1, 0.15) is 22.9 Å². The summed E-state index contributed by atoms with van der Waals surface area (Å²) in [4.78, 5) is 11.4. The van der Waals surface area contributed by atoms with Crippen molar-refractivity contribution in [1.29, 1.82) is 0 Å². The Hall–Kier alpha value is -3.38. The molecule has 0 aliphatic heterocycles. The quantitative estimate of drug-likeness (QED) is 0.131. The van der Waals surface area contributed by atoms with Gasteiger partial charge >= 0.3 is 33.3 Å². The first-order chi connectivity index (χ1) is 18.7. The molecule has 0 bridgehead atoms. The number of benzene rings is 4. The van der Waals surface area contributed by atoms with Crippen molar-refractivity contribution in [3.8, 4) is 23.0 Å². The third kappa shape index (κ3) is 8.59. The number of hydrogen-bond acceptors (Lipinski definition) is 5. The van der Waals surface area contributed by atoms with E-state index in [1.165, 1.54) is 0 Å². The molecule has 0 N–H and O–H groups in total.